The first-order chi connectivity index (χ1) is 4.74. The van der Waals surface area contributed by atoms with Crippen molar-refractivity contribution in [1.29, 1.82) is 0 Å². The van der Waals surface area contributed by atoms with Crippen LogP contribution < -0.4 is 0 Å². The van der Waals surface area contributed by atoms with Gasteiger partial charge in [0.1, 0.15) is 6.29 Å². The summed E-state index contributed by atoms with van der Waals surface area (Å²) in [6.45, 7) is 0. The van der Waals surface area contributed by atoms with E-state index in [1.165, 1.54) is 21.3 Å². The Morgan fingerprint density at radius 2 is 1.60 bits per heavy atom. The lowest BCUT2D eigenvalue weighted by Crippen LogP contribution is -2.42. The molecule has 0 aromatic heterocycles. The van der Waals surface area contributed by atoms with Crippen LogP contribution in [0.4, 0.5) is 0 Å². The molecule has 0 bridgehead atoms. The van der Waals surface area contributed by atoms with E-state index in [9.17, 15) is 4.79 Å². The number of aldehydes is 1. The van der Waals surface area contributed by atoms with Gasteiger partial charge in [-0.25, -0.2) is 0 Å². The van der Waals surface area contributed by atoms with Gasteiger partial charge in [-0.1, -0.05) is 0 Å². The van der Waals surface area contributed by atoms with Gasteiger partial charge in [-0.2, -0.15) is 0 Å². The minimum atomic E-state index is -2.59. The van der Waals surface area contributed by atoms with Gasteiger partial charge in [0, 0.05) is 21.3 Å². The van der Waals surface area contributed by atoms with Crippen LogP contribution in [0.5, 0.6) is 0 Å². The van der Waals surface area contributed by atoms with Gasteiger partial charge in [-0.05, 0) is 0 Å². The van der Waals surface area contributed by atoms with Crippen molar-refractivity contribution >= 4 is 15.1 Å². The zero-order chi connectivity index (χ0) is 8.04. The molecular weight excluding hydrogens is 152 g/mol. The van der Waals surface area contributed by atoms with Crippen LogP contribution in [0.2, 0.25) is 6.04 Å². The van der Waals surface area contributed by atoms with E-state index in [1.54, 1.807) is 0 Å². The fourth-order valence-corrected chi connectivity index (χ4v) is 1.81. The van der Waals surface area contributed by atoms with Gasteiger partial charge in [0.2, 0.25) is 0 Å². The van der Waals surface area contributed by atoms with E-state index < -0.39 is 8.80 Å². The van der Waals surface area contributed by atoms with Gasteiger partial charge >= 0.3 is 8.80 Å². The van der Waals surface area contributed by atoms with Crippen LogP contribution in [0.25, 0.3) is 0 Å². The van der Waals surface area contributed by atoms with Gasteiger partial charge in [-0.3, -0.25) is 0 Å². The summed E-state index contributed by atoms with van der Waals surface area (Å²) in [5.74, 6) is 0. The van der Waals surface area contributed by atoms with Crippen LogP contribution in [0.15, 0.2) is 0 Å². The van der Waals surface area contributed by atoms with Crippen molar-refractivity contribution in [3.8, 4) is 0 Å². The molecule has 0 spiro atoms. The van der Waals surface area contributed by atoms with Gasteiger partial charge in [-0.15, -0.1) is 0 Å². The summed E-state index contributed by atoms with van der Waals surface area (Å²) in [6.07, 6.45) is 0.739. The van der Waals surface area contributed by atoms with Gasteiger partial charge in [0.15, 0.2) is 0 Å². The summed E-state index contributed by atoms with van der Waals surface area (Å²) in [7, 11) is 1.84. The van der Waals surface area contributed by atoms with Crippen molar-refractivity contribution in [2.75, 3.05) is 21.3 Å². The molecule has 0 aliphatic heterocycles. The fraction of sp³-hybridized carbons (Fsp3) is 0.800. The van der Waals surface area contributed by atoms with Crippen LogP contribution in [-0.2, 0) is 18.1 Å². The normalized spacial score (nSPS) is 11.5. The molecule has 0 N–H and O–H groups in total. The average Bonchev–Trinajstić information content (AvgIpc) is 2.01. The molecule has 0 saturated heterocycles. The molecule has 0 aromatic rings. The third-order valence-corrected chi connectivity index (χ3v) is 3.80. The Hall–Kier alpha value is -0.233. The number of carbonyl (C=O) groups is 1. The smallest absolute Gasteiger partial charge is 0.377 e. The number of hydrogen-bond acceptors (Lipinski definition) is 4. The molecule has 0 fully saturated rings. The first-order valence-corrected chi connectivity index (χ1v) is 4.77. The topological polar surface area (TPSA) is 44.8 Å². The first kappa shape index (κ1) is 9.77. The Labute approximate surface area is 61.5 Å². The highest BCUT2D eigenvalue weighted by Gasteiger charge is 2.37. The quantitative estimate of drug-likeness (QED) is 0.426. The number of rotatable bonds is 5. The van der Waals surface area contributed by atoms with Crippen molar-refractivity contribution in [3.05, 3.63) is 0 Å². The van der Waals surface area contributed by atoms with E-state index >= 15 is 0 Å². The molecule has 0 atom stereocenters. The second kappa shape index (κ2) is 4.56. The molecule has 0 radical (unpaired) electrons. The van der Waals surface area contributed by atoms with Crippen LogP contribution >= 0.6 is 0 Å². The second-order valence-corrected chi connectivity index (χ2v) is 4.67. The lowest BCUT2D eigenvalue weighted by atomic mass is 10.9. The van der Waals surface area contributed by atoms with E-state index in [1.807, 2.05) is 0 Å². The average molecular weight is 164 g/mol. The monoisotopic (exact) mass is 164 g/mol. The molecule has 4 nitrogen and oxygen atoms in total. The predicted molar refractivity (Wildman–Crippen MR) is 37.7 cm³/mol. The van der Waals surface area contributed by atoms with E-state index in [0.29, 0.717) is 0 Å². The molecule has 0 unspecified atom stereocenters. The SMILES string of the molecule is CO[Si](CC=O)(OC)OC. The molecule has 0 aliphatic rings. The molecule has 60 valence electrons. The summed E-state index contributed by atoms with van der Waals surface area (Å²) in [4.78, 5) is 10.1. The second-order valence-electron chi connectivity index (χ2n) is 1.67. The largest absolute Gasteiger partial charge is 0.507 e. The molecule has 10 heavy (non-hydrogen) atoms. The van der Waals surface area contributed by atoms with Crippen LogP contribution in [0.1, 0.15) is 0 Å². The standard InChI is InChI=1S/C5H12O4Si/c1-7-10(8-2,9-3)5-4-6/h4H,5H2,1-3H3. The van der Waals surface area contributed by atoms with Crippen molar-refractivity contribution in [2.24, 2.45) is 0 Å². The molecule has 0 heterocycles. The van der Waals surface area contributed by atoms with E-state index in [0.717, 1.165) is 6.29 Å². The van der Waals surface area contributed by atoms with E-state index in [4.69, 9.17) is 13.3 Å². The fourth-order valence-electron chi connectivity index (χ4n) is 0.602. The Bertz CT molecular complexity index is 93.6. The zero-order valence-corrected chi connectivity index (χ0v) is 7.42. The lowest BCUT2D eigenvalue weighted by molar-refractivity contribution is -0.106. The van der Waals surface area contributed by atoms with Gasteiger partial charge < -0.3 is 18.1 Å². The number of hydrogen-bond donors (Lipinski definition) is 0. The maximum Gasteiger partial charge on any atom is 0.507 e. The van der Waals surface area contributed by atoms with Crippen molar-refractivity contribution in [3.63, 3.8) is 0 Å². The molecule has 0 saturated carbocycles. The molecular formula is C5H12O4Si. The Balaban J connectivity index is 4.00. The van der Waals surface area contributed by atoms with Crippen molar-refractivity contribution in [1.82, 2.24) is 0 Å². The third kappa shape index (κ3) is 2.18. The highest BCUT2D eigenvalue weighted by Crippen LogP contribution is 2.09. The van der Waals surface area contributed by atoms with E-state index in [2.05, 4.69) is 0 Å². The minimum absolute atomic E-state index is 0.205. The lowest BCUT2D eigenvalue weighted by Gasteiger charge is -2.21. The summed E-state index contributed by atoms with van der Waals surface area (Å²) >= 11 is 0. The van der Waals surface area contributed by atoms with Crippen LogP contribution in [-0.4, -0.2) is 36.4 Å². The number of carbonyl (C=O) groups excluding carboxylic acids is 1. The molecule has 0 aromatic carbocycles. The van der Waals surface area contributed by atoms with Crippen LogP contribution in [0.3, 0.4) is 0 Å². The molecule has 0 rings (SSSR count). The Morgan fingerprint density at radius 3 is 1.70 bits per heavy atom. The minimum Gasteiger partial charge on any atom is -0.377 e. The predicted octanol–water partition coefficient (Wildman–Crippen LogP) is 0.0634. The van der Waals surface area contributed by atoms with Gasteiger partial charge in [0.25, 0.3) is 0 Å². The maximum absolute atomic E-state index is 10.1. The molecule has 5 heteroatoms. The summed E-state index contributed by atoms with van der Waals surface area (Å²) < 4.78 is 14.8. The Morgan fingerprint density at radius 1 is 1.20 bits per heavy atom. The molecule has 0 amide bonds. The third-order valence-electron chi connectivity index (χ3n) is 1.27. The molecule has 0 aliphatic carbocycles. The Kier molecular flexibility index (Phi) is 4.46. The maximum atomic E-state index is 10.1. The summed E-state index contributed by atoms with van der Waals surface area (Å²) in [5.41, 5.74) is 0. The van der Waals surface area contributed by atoms with Crippen molar-refractivity contribution < 1.29 is 18.1 Å². The highest BCUT2D eigenvalue weighted by molar-refractivity contribution is 6.63. The highest BCUT2D eigenvalue weighted by atomic mass is 28.4. The van der Waals surface area contributed by atoms with Gasteiger partial charge in [0.05, 0.1) is 6.04 Å². The van der Waals surface area contributed by atoms with E-state index in [-0.39, 0.29) is 6.04 Å². The first-order valence-electron chi connectivity index (χ1n) is 2.83. The zero-order valence-electron chi connectivity index (χ0n) is 6.42. The van der Waals surface area contributed by atoms with Crippen molar-refractivity contribution in [2.45, 2.75) is 6.04 Å². The van der Waals surface area contributed by atoms with Crippen LogP contribution in [0, 0.1) is 0 Å². The summed E-state index contributed by atoms with van der Waals surface area (Å²) in [6, 6.07) is 0.205. The summed E-state index contributed by atoms with van der Waals surface area (Å²) in [5, 5.41) is 0.